The van der Waals surface area contributed by atoms with Crippen molar-refractivity contribution < 1.29 is 18.9 Å². The van der Waals surface area contributed by atoms with Crippen molar-refractivity contribution >= 4 is 29.3 Å². The number of likely N-dealkylation sites (N-methyl/N-ethyl adjacent to an activating group) is 2. The zero-order chi connectivity index (χ0) is 20.5. The molecule has 28 heavy (non-hydrogen) atoms. The summed E-state index contributed by atoms with van der Waals surface area (Å²) in [6, 6.07) is 13.9. The Kier molecular flexibility index (Phi) is 8.47. The summed E-state index contributed by atoms with van der Waals surface area (Å²) in [6.07, 6.45) is 1.96. The van der Waals surface area contributed by atoms with Crippen molar-refractivity contribution in [2.24, 2.45) is 0 Å². The zero-order valence-corrected chi connectivity index (χ0v) is 17.3. The van der Waals surface area contributed by atoms with Crippen LogP contribution in [0.15, 0.2) is 53.4 Å². The van der Waals surface area contributed by atoms with Crippen LogP contribution in [0.2, 0.25) is 0 Å². The second-order valence-electron chi connectivity index (χ2n) is 6.60. The number of nitrogens with zero attached hydrogens (tertiary/aromatic N) is 1. The Morgan fingerprint density at radius 1 is 1.14 bits per heavy atom. The van der Waals surface area contributed by atoms with Gasteiger partial charge >= 0.3 is 0 Å². The van der Waals surface area contributed by atoms with Crippen LogP contribution >= 0.6 is 11.8 Å². The van der Waals surface area contributed by atoms with E-state index in [1.807, 2.05) is 44.5 Å². The van der Waals surface area contributed by atoms with Crippen molar-refractivity contribution in [1.82, 2.24) is 4.90 Å². The Morgan fingerprint density at radius 2 is 1.89 bits per heavy atom. The average molecular weight is 405 g/mol. The third-order valence-electron chi connectivity index (χ3n) is 4.29. The molecule has 7 heteroatoms. The third kappa shape index (κ3) is 6.65. The fourth-order valence-corrected chi connectivity index (χ4v) is 3.43. The predicted octanol–water partition coefficient (Wildman–Crippen LogP) is 2.05. The Hall–Kier alpha value is -2.38. The van der Waals surface area contributed by atoms with Gasteiger partial charge in [-0.15, -0.1) is 11.8 Å². The van der Waals surface area contributed by atoms with E-state index in [4.69, 9.17) is 0 Å². The van der Waals surface area contributed by atoms with Gasteiger partial charge in [0.15, 0.2) is 13.1 Å². The molecule has 2 aromatic rings. The van der Waals surface area contributed by atoms with Crippen LogP contribution in [0, 0.1) is 5.82 Å². The summed E-state index contributed by atoms with van der Waals surface area (Å²) in [7, 11) is 1.81. The zero-order valence-electron chi connectivity index (χ0n) is 16.5. The van der Waals surface area contributed by atoms with Crippen LogP contribution in [-0.2, 0) is 16.1 Å². The lowest BCUT2D eigenvalue weighted by Gasteiger charge is -2.23. The highest BCUT2D eigenvalue weighted by molar-refractivity contribution is 7.98. The molecule has 0 radical (unpaired) electrons. The highest BCUT2D eigenvalue weighted by atomic mass is 32.2. The maximum atomic E-state index is 13.4. The first kappa shape index (κ1) is 21.9. The molecule has 2 rings (SSSR count). The summed E-state index contributed by atoms with van der Waals surface area (Å²) in [5.74, 6) is -0.521. The van der Waals surface area contributed by atoms with E-state index in [0.717, 1.165) is 21.0 Å². The standard InChI is InChI=1S/C21H26FN3O2S/c1-4-25(13-16-8-7-9-17(22)12-16)21(27)15-24(2)14-20(26)23-18-10-5-6-11-19(18)28-3/h5-12H,4,13-15H2,1-3H3,(H,23,26)/p+1. The van der Waals surface area contributed by atoms with E-state index in [2.05, 4.69) is 5.32 Å². The molecular weight excluding hydrogens is 377 g/mol. The number of carbonyl (C=O) groups is 2. The second-order valence-corrected chi connectivity index (χ2v) is 7.45. The summed E-state index contributed by atoms with van der Waals surface area (Å²) in [6.45, 7) is 3.15. The minimum atomic E-state index is -0.314. The predicted molar refractivity (Wildman–Crippen MR) is 111 cm³/mol. The number of hydrogen-bond donors (Lipinski definition) is 2. The maximum absolute atomic E-state index is 13.4. The van der Waals surface area contributed by atoms with Gasteiger partial charge in [-0.1, -0.05) is 24.3 Å². The molecule has 5 nitrogen and oxygen atoms in total. The normalized spacial score (nSPS) is 11.7. The van der Waals surface area contributed by atoms with Crippen LogP contribution in [0.5, 0.6) is 0 Å². The Labute approximate surface area is 169 Å². The van der Waals surface area contributed by atoms with Crippen LogP contribution in [-0.4, -0.2) is 49.7 Å². The van der Waals surface area contributed by atoms with Crippen molar-refractivity contribution in [3.63, 3.8) is 0 Å². The number of quaternary nitrogens is 1. The first-order valence-electron chi connectivity index (χ1n) is 9.19. The minimum Gasteiger partial charge on any atom is -0.334 e. The van der Waals surface area contributed by atoms with E-state index in [1.54, 1.807) is 28.8 Å². The van der Waals surface area contributed by atoms with Gasteiger partial charge in [-0.05, 0) is 43.0 Å². The van der Waals surface area contributed by atoms with E-state index in [1.165, 1.54) is 12.1 Å². The van der Waals surface area contributed by atoms with Gasteiger partial charge in [0.25, 0.3) is 11.8 Å². The van der Waals surface area contributed by atoms with Gasteiger partial charge in [0.05, 0.1) is 12.7 Å². The maximum Gasteiger partial charge on any atom is 0.279 e. The number of anilines is 1. The smallest absolute Gasteiger partial charge is 0.279 e. The SMILES string of the molecule is CCN(Cc1cccc(F)c1)C(=O)C[NH+](C)CC(=O)Nc1ccccc1SC. The molecule has 0 aliphatic carbocycles. The van der Waals surface area contributed by atoms with E-state index in [-0.39, 0.29) is 30.7 Å². The van der Waals surface area contributed by atoms with Crippen molar-refractivity contribution in [2.45, 2.75) is 18.4 Å². The molecule has 1 atom stereocenters. The van der Waals surface area contributed by atoms with E-state index in [0.29, 0.717) is 13.1 Å². The second kappa shape index (κ2) is 10.8. The fraction of sp³-hybridized carbons (Fsp3) is 0.333. The summed E-state index contributed by atoms with van der Waals surface area (Å²) in [5.41, 5.74) is 1.53. The Bertz CT molecular complexity index is 816. The molecule has 0 aliphatic rings. The van der Waals surface area contributed by atoms with Gasteiger partial charge in [-0.2, -0.15) is 0 Å². The minimum absolute atomic E-state index is 0.0680. The third-order valence-corrected chi connectivity index (χ3v) is 5.09. The fourth-order valence-electron chi connectivity index (χ4n) is 2.88. The lowest BCUT2D eigenvalue weighted by atomic mass is 10.2. The van der Waals surface area contributed by atoms with Crippen molar-refractivity contribution in [3.05, 3.63) is 59.9 Å². The Balaban J connectivity index is 1.88. The first-order valence-corrected chi connectivity index (χ1v) is 10.4. The molecule has 2 N–H and O–H groups in total. The van der Waals surface area contributed by atoms with E-state index < -0.39 is 0 Å². The van der Waals surface area contributed by atoms with Crippen LogP contribution in [0.1, 0.15) is 12.5 Å². The molecule has 0 saturated carbocycles. The molecule has 150 valence electrons. The number of hydrogen-bond acceptors (Lipinski definition) is 3. The highest BCUT2D eigenvalue weighted by Gasteiger charge is 2.19. The summed E-state index contributed by atoms with van der Waals surface area (Å²) in [4.78, 5) is 28.4. The molecule has 2 aromatic carbocycles. The highest BCUT2D eigenvalue weighted by Crippen LogP contribution is 2.24. The van der Waals surface area contributed by atoms with Gasteiger partial charge in [0.2, 0.25) is 0 Å². The molecule has 2 amide bonds. The molecule has 1 unspecified atom stereocenters. The monoisotopic (exact) mass is 404 g/mol. The Morgan fingerprint density at radius 3 is 2.57 bits per heavy atom. The largest absolute Gasteiger partial charge is 0.334 e. The number of amides is 2. The number of benzene rings is 2. The number of nitrogens with one attached hydrogen (secondary N) is 2. The lowest BCUT2D eigenvalue weighted by molar-refractivity contribution is -0.862. The van der Waals surface area contributed by atoms with Gasteiger partial charge < -0.3 is 15.1 Å². The van der Waals surface area contributed by atoms with Crippen LogP contribution in [0.4, 0.5) is 10.1 Å². The first-order chi connectivity index (χ1) is 13.4. The van der Waals surface area contributed by atoms with E-state index in [9.17, 15) is 14.0 Å². The molecule has 0 saturated heterocycles. The van der Waals surface area contributed by atoms with Gasteiger partial charge in [0.1, 0.15) is 5.82 Å². The number of carbonyl (C=O) groups excluding carboxylic acids is 2. The number of thioether (sulfide) groups is 1. The van der Waals surface area contributed by atoms with Gasteiger partial charge in [0, 0.05) is 18.0 Å². The van der Waals surface area contributed by atoms with Crippen molar-refractivity contribution in [2.75, 3.05) is 38.3 Å². The number of rotatable bonds is 9. The lowest BCUT2D eigenvalue weighted by Crippen LogP contribution is -3.11. The topological polar surface area (TPSA) is 53.9 Å². The van der Waals surface area contributed by atoms with Crippen molar-refractivity contribution in [3.8, 4) is 0 Å². The van der Waals surface area contributed by atoms with Crippen LogP contribution < -0.4 is 10.2 Å². The molecule has 0 spiro atoms. The molecule has 0 bridgehead atoms. The summed E-state index contributed by atoms with van der Waals surface area (Å²) in [5, 5.41) is 2.91. The summed E-state index contributed by atoms with van der Waals surface area (Å²) >= 11 is 1.57. The molecular formula is C21H27FN3O2S+. The molecule has 0 heterocycles. The molecule has 0 aliphatic heterocycles. The van der Waals surface area contributed by atoms with Crippen LogP contribution in [0.25, 0.3) is 0 Å². The number of para-hydroxylation sites is 1. The molecule has 0 aromatic heterocycles. The quantitative estimate of drug-likeness (QED) is 0.629. The molecule has 0 fully saturated rings. The number of halogens is 1. The van der Waals surface area contributed by atoms with E-state index >= 15 is 0 Å². The average Bonchev–Trinajstić information content (AvgIpc) is 2.66. The van der Waals surface area contributed by atoms with Crippen LogP contribution in [0.3, 0.4) is 0 Å². The van der Waals surface area contributed by atoms with Crippen molar-refractivity contribution in [1.29, 1.82) is 0 Å². The van der Waals surface area contributed by atoms with Gasteiger partial charge in [-0.3, -0.25) is 9.59 Å². The summed E-state index contributed by atoms with van der Waals surface area (Å²) < 4.78 is 13.4. The van der Waals surface area contributed by atoms with Gasteiger partial charge in [-0.25, -0.2) is 4.39 Å².